The second-order valence-corrected chi connectivity index (χ2v) is 6.77. The van der Waals surface area contributed by atoms with Gasteiger partial charge in [0.2, 0.25) is 0 Å². The standard InChI is InChI=1S/C18H22N2O3S2/c1-3-4-10-19-16-11-14(13(2)24)12-17(20-25(21)22)18(16)23-15-8-6-5-7-9-15/h5-9,11-12,19-20H,3-4,10H2,1-2H3,(H,21,22)/p-1. The van der Waals surface area contributed by atoms with Crippen LogP contribution >= 0.6 is 12.2 Å². The van der Waals surface area contributed by atoms with Crippen LogP contribution < -0.4 is 14.8 Å². The van der Waals surface area contributed by atoms with Gasteiger partial charge in [0.05, 0.1) is 11.4 Å². The number of unbranched alkanes of at least 4 members (excludes halogenated alkanes) is 1. The van der Waals surface area contributed by atoms with Gasteiger partial charge in [0.25, 0.3) is 0 Å². The number of hydrogen-bond acceptors (Lipinski definition) is 5. The van der Waals surface area contributed by atoms with Gasteiger partial charge in [0.15, 0.2) is 5.75 Å². The van der Waals surface area contributed by atoms with Crippen LogP contribution in [0.25, 0.3) is 0 Å². The second-order valence-electron chi connectivity index (χ2n) is 5.49. The van der Waals surface area contributed by atoms with Crippen molar-refractivity contribution in [1.82, 2.24) is 0 Å². The van der Waals surface area contributed by atoms with Crippen molar-refractivity contribution in [3.05, 3.63) is 48.0 Å². The first-order valence-corrected chi connectivity index (χ1v) is 9.51. The van der Waals surface area contributed by atoms with Crippen LogP contribution in [0.2, 0.25) is 0 Å². The molecule has 0 spiro atoms. The number of thiocarbonyl (C=S) groups is 1. The average molecular weight is 378 g/mol. The summed E-state index contributed by atoms with van der Waals surface area (Å²) in [6, 6.07) is 12.8. The number of para-hydroxylation sites is 1. The van der Waals surface area contributed by atoms with Crippen molar-refractivity contribution < 1.29 is 13.5 Å². The Balaban J connectivity index is 2.48. The number of rotatable bonds is 9. The summed E-state index contributed by atoms with van der Waals surface area (Å²) in [7, 11) is 0. The van der Waals surface area contributed by atoms with Crippen LogP contribution in [0.3, 0.4) is 0 Å². The Bertz CT molecular complexity index is 751. The largest absolute Gasteiger partial charge is 0.755 e. The summed E-state index contributed by atoms with van der Waals surface area (Å²) < 4.78 is 30.8. The first-order chi connectivity index (χ1) is 12.0. The molecule has 0 heterocycles. The van der Waals surface area contributed by atoms with Crippen LogP contribution in [0.5, 0.6) is 11.5 Å². The van der Waals surface area contributed by atoms with Crippen molar-refractivity contribution >= 4 is 39.7 Å². The summed E-state index contributed by atoms with van der Waals surface area (Å²) in [6.45, 7) is 4.66. The lowest BCUT2D eigenvalue weighted by atomic mass is 10.1. The summed E-state index contributed by atoms with van der Waals surface area (Å²) in [5.74, 6) is 1.04. The number of anilines is 2. The molecule has 0 saturated heterocycles. The van der Waals surface area contributed by atoms with Gasteiger partial charge in [0.1, 0.15) is 5.75 Å². The van der Waals surface area contributed by atoms with E-state index in [0.29, 0.717) is 27.7 Å². The van der Waals surface area contributed by atoms with Crippen molar-refractivity contribution in [2.75, 3.05) is 16.6 Å². The molecular weight excluding hydrogens is 356 g/mol. The molecule has 134 valence electrons. The van der Waals surface area contributed by atoms with Gasteiger partial charge in [-0.05, 0) is 43.2 Å². The molecule has 0 bridgehead atoms. The highest BCUT2D eigenvalue weighted by Crippen LogP contribution is 2.39. The third kappa shape index (κ3) is 5.81. The Labute approximate surface area is 156 Å². The monoisotopic (exact) mass is 377 g/mol. The molecule has 2 aromatic rings. The molecule has 25 heavy (non-hydrogen) atoms. The van der Waals surface area contributed by atoms with E-state index in [0.717, 1.165) is 24.9 Å². The zero-order chi connectivity index (χ0) is 18.2. The summed E-state index contributed by atoms with van der Waals surface area (Å²) >= 11 is 2.78. The van der Waals surface area contributed by atoms with Crippen molar-refractivity contribution in [2.45, 2.75) is 26.7 Å². The highest BCUT2D eigenvalue weighted by Gasteiger charge is 2.15. The van der Waals surface area contributed by atoms with Gasteiger partial charge in [0, 0.05) is 22.7 Å². The topological polar surface area (TPSA) is 73.4 Å². The van der Waals surface area contributed by atoms with Crippen LogP contribution in [0, 0.1) is 0 Å². The Morgan fingerprint density at radius 3 is 2.52 bits per heavy atom. The summed E-state index contributed by atoms with van der Waals surface area (Å²) in [4.78, 5) is 0.671. The average Bonchev–Trinajstić information content (AvgIpc) is 2.57. The molecule has 0 amide bonds. The first kappa shape index (κ1) is 19.4. The molecular formula is C18H21N2O3S2-. The van der Waals surface area contributed by atoms with Gasteiger partial charge in [-0.2, -0.15) is 0 Å². The van der Waals surface area contributed by atoms with E-state index >= 15 is 0 Å². The SMILES string of the molecule is CCCCNc1cc(C(C)=S)cc(NS(=O)[O-])c1Oc1ccccc1. The van der Waals surface area contributed by atoms with Gasteiger partial charge in [-0.25, -0.2) is 0 Å². The van der Waals surface area contributed by atoms with Gasteiger partial charge in [-0.15, -0.1) is 0 Å². The van der Waals surface area contributed by atoms with Crippen molar-refractivity contribution in [1.29, 1.82) is 0 Å². The zero-order valence-corrected chi connectivity index (χ0v) is 15.8. The van der Waals surface area contributed by atoms with E-state index in [1.54, 1.807) is 13.0 Å². The van der Waals surface area contributed by atoms with Crippen LogP contribution in [-0.4, -0.2) is 20.2 Å². The van der Waals surface area contributed by atoms with Crippen molar-refractivity contribution in [2.24, 2.45) is 0 Å². The lowest BCUT2D eigenvalue weighted by Crippen LogP contribution is -2.09. The molecule has 0 saturated carbocycles. The Morgan fingerprint density at radius 2 is 1.92 bits per heavy atom. The maximum atomic E-state index is 11.2. The van der Waals surface area contributed by atoms with Crippen LogP contribution in [-0.2, 0) is 11.3 Å². The Hall–Kier alpha value is -1.96. The van der Waals surface area contributed by atoms with E-state index in [1.807, 2.05) is 36.4 Å². The molecule has 1 atom stereocenters. The van der Waals surface area contributed by atoms with E-state index in [1.165, 1.54) is 0 Å². The smallest absolute Gasteiger partial charge is 0.174 e. The van der Waals surface area contributed by atoms with Gasteiger partial charge >= 0.3 is 0 Å². The van der Waals surface area contributed by atoms with Crippen LogP contribution in [0.4, 0.5) is 11.4 Å². The fourth-order valence-corrected chi connectivity index (χ4v) is 2.69. The molecule has 2 rings (SSSR count). The number of benzene rings is 2. The Kier molecular flexibility index (Phi) is 7.36. The molecule has 7 heteroatoms. The van der Waals surface area contributed by atoms with E-state index in [-0.39, 0.29) is 0 Å². The predicted molar refractivity (Wildman–Crippen MR) is 106 cm³/mol. The second kappa shape index (κ2) is 9.50. The number of hydrogen-bond donors (Lipinski definition) is 2. The minimum absolute atomic E-state index is 0.345. The van der Waals surface area contributed by atoms with E-state index in [2.05, 4.69) is 17.0 Å². The van der Waals surface area contributed by atoms with Crippen molar-refractivity contribution in [3.8, 4) is 11.5 Å². The van der Waals surface area contributed by atoms with Gasteiger partial charge in [-0.3, -0.25) is 4.21 Å². The lowest BCUT2D eigenvalue weighted by Gasteiger charge is -2.20. The molecule has 0 aliphatic heterocycles. The zero-order valence-electron chi connectivity index (χ0n) is 14.2. The number of nitrogens with one attached hydrogen (secondary N) is 2. The quantitative estimate of drug-likeness (QED) is 0.288. The van der Waals surface area contributed by atoms with Gasteiger partial charge < -0.3 is 19.3 Å². The third-order valence-electron chi connectivity index (χ3n) is 3.50. The maximum absolute atomic E-state index is 11.2. The minimum Gasteiger partial charge on any atom is -0.755 e. The first-order valence-electron chi connectivity index (χ1n) is 8.03. The highest BCUT2D eigenvalue weighted by molar-refractivity contribution is 7.81. The number of ether oxygens (including phenoxy) is 1. The fraction of sp³-hybridized carbons (Fsp3) is 0.278. The molecule has 5 nitrogen and oxygen atoms in total. The minimum atomic E-state index is -2.47. The molecule has 0 radical (unpaired) electrons. The predicted octanol–water partition coefficient (Wildman–Crippen LogP) is 4.63. The maximum Gasteiger partial charge on any atom is 0.174 e. The molecule has 2 aromatic carbocycles. The van der Waals surface area contributed by atoms with E-state index < -0.39 is 11.3 Å². The van der Waals surface area contributed by atoms with E-state index in [9.17, 15) is 8.76 Å². The van der Waals surface area contributed by atoms with Crippen molar-refractivity contribution in [3.63, 3.8) is 0 Å². The lowest BCUT2D eigenvalue weighted by molar-refractivity contribution is 0.486. The normalized spacial score (nSPS) is 11.6. The third-order valence-corrected chi connectivity index (χ3v) is 4.12. The van der Waals surface area contributed by atoms with Crippen LogP contribution in [0.1, 0.15) is 32.3 Å². The fourth-order valence-electron chi connectivity index (χ4n) is 2.25. The molecule has 0 aromatic heterocycles. The molecule has 0 aliphatic rings. The molecule has 1 unspecified atom stereocenters. The Morgan fingerprint density at radius 1 is 1.24 bits per heavy atom. The van der Waals surface area contributed by atoms with E-state index in [4.69, 9.17) is 17.0 Å². The highest BCUT2D eigenvalue weighted by atomic mass is 32.2. The summed E-state index contributed by atoms with van der Waals surface area (Å²) in [5.41, 5.74) is 1.81. The van der Waals surface area contributed by atoms with Gasteiger partial charge in [-0.1, -0.05) is 43.8 Å². The summed E-state index contributed by atoms with van der Waals surface area (Å²) in [6.07, 6.45) is 2.03. The van der Waals surface area contributed by atoms with Crippen LogP contribution in [0.15, 0.2) is 42.5 Å². The molecule has 0 fully saturated rings. The molecule has 2 N–H and O–H groups in total. The molecule has 0 aliphatic carbocycles. The summed E-state index contributed by atoms with van der Waals surface area (Å²) in [5, 5.41) is 3.32.